The van der Waals surface area contributed by atoms with Gasteiger partial charge in [0.25, 0.3) is 0 Å². The van der Waals surface area contributed by atoms with Gasteiger partial charge in [0.05, 0.1) is 0 Å². The monoisotopic (exact) mass is 431 g/mol. The molecule has 0 aromatic carbocycles. The van der Waals surface area contributed by atoms with Gasteiger partial charge in [0.15, 0.2) is 18.5 Å². The van der Waals surface area contributed by atoms with E-state index in [4.69, 9.17) is 23.7 Å². The Balaban J connectivity index is 3.13. The van der Waals surface area contributed by atoms with E-state index in [0.717, 1.165) is 25.7 Å². The molecule has 5 atom stereocenters. The second-order valence-electron chi connectivity index (χ2n) is 7.15. The fourth-order valence-corrected chi connectivity index (χ4v) is 3.16. The fourth-order valence-electron chi connectivity index (χ4n) is 3.16. The summed E-state index contributed by atoms with van der Waals surface area (Å²) in [7, 11) is 0. The second-order valence-corrected chi connectivity index (χ2v) is 7.15. The van der Waals surface area contributed by atoms with Crippen LogP contribution in [0, 0.1) is 0 Å². The van der Waals surface area contributed by atoms with Crippen molar-refractivity contribution in [1.82, 2.24) is 5.32 Å². The van der Waals surface area contributed by atoms with Crippen molar-refractivity contribution in [1.29, 1.82) is 0 Å². The van der Waals surface area contributed by atoms with Crippen molar-refractivity contribution in [3.8, 4) is 0 Å². The van der Waals surface area contributed by atoms with Crippen molar-refractivity contribution in [3.05, 3.63) is 0 Å². The average molecular weight is 431 g/mol. The van der Waals surface area contributed by atoms with Gasteiger partial charge < -0.3 is 29.0 Å². The number of unbranched alkanes of at least 4 members (excludes halogenated alkanes) is 3. The molecule has 10 nitrogen and oxygen atoms in total. The lowest BCUT2D eigenvalue weighted by Gasteiger charge is -2.44. The Bertz CT molecular complexity index is 595. The fraction of sp³-hybridized carbons (Fsp3) is 0.800. The molecule has 0 unspecified atom stereocenters. The number of carbonyl (C=O) groups is 4. The van der Waals surface area contributed by atoms with Crippen molar-refractivity contribution in [3.63, 3.8) is 0 Å². The summed E-state index contributed by atoms with van der Waals surface area (Å²) in [6.07, 6.45) is -0.274. The first-order chi connectivity index (χ1) is 14.1. The van der Waals surface area contributed by atoms with Gasteiger partial charge in [-0.1, -0.05) is 26.2 Å². The zero-order valence-electron chi connectivity index (χ0n) is 18.3. The van der Waals surface area contributed by atoms with Crippen LogP contribution in [-0.4, -0.2) is 67.7 Å². The lowest BCUT2D eigenvalue weighted by atomic mass is 9.96. The van der Waals surface area contributed by atoms with E-state index in [1.54, 1.807) is 0 Å². The number of esters is 3. The molecule has 0 radical (unpaired) electrons. The van der Waals surface area contributed by atoms with Gasteiger partial charge >= 0.3 is 17.9 Å². The molecule has 1 amide bonds. The van der Waals surface area contributed by atoms with E-state index >= 15 is 0 Å². The SMILES string of the molecule is CCCCCCO[C@H]1O[C@@H](COC(C)=O)[C@@H](OC(C)=O)[C@@H](OC(C)=O)[C@H]1NC(C)=O. The van der Waals surface area contributed by atoms with Gasteiger partial charge in [0.1, 0.15) is 18.8 Å². The van der Waals surface area contributed by atoms with Gasteiger partial charge in [-0.3, -0.25) is 19.2 Å². The van der Waals surface area contributed by atoms with Gasteiger partial charge in [-0.25, -0.2) is 0 Å². The molecule has 1 N–H and O–H groups in total. The molecule has 0 aromatic rings. The number of ether oxygens (including phenoxy) is 5. The van der Waals surface area contributed by atoms with Crippen molar-refractivity contribution < 1.29 is 42.9 Å². The lowest BCUT2D eigenvalue weighted by molar-refractivity contribution is -0.277. The van der Waals surface area contributed by atoms with Gasteiger partial charge in [-0.15, -0.1) is 0 Å². The Labute approximate surface area is 176 Å². The maximum Gasteiger partial charge on any atom is 0.303 e. The molecular formula is C20H33NO9. The van der Waals surface area contributed by atoms with E-state index in [-0.39, 0.29) is 6.61 Å². The Morgan fingerprint density at radius 1 is 0.867 bits per heavy atom. The normalized spacial score (nSPS) is 25.8. The molecule has 0 saturated carbocycles. The van der Waals surface area contributed by atoms with Gasteiger partial charge in [0, 0.05) is 34.3 Å². The first-order valence-electron chi connectivity index (χ1n) is 10.2. The molecule has 1 saturated heterocycles. The molecule has 0 aliphatic carbocycles. The van der Waals surface area contributed by atoms with Crippen LogP contribution in [0.3, 0.4) is 0 Å². The molecular weight excluding hydrogens is 398 g/mol. The summed E-state index contributed by atoms with van der Waals surface area (Å²) < 4.78 is 27.5. The highest BCUT2D eigenvalue weighted by Gasteiger charge is 2.51. The highest BCUT2D eigenvalue weighted by molar-refractivity contribution is 5.73. The molecule has 30 heavy (non-hydrogen) atoms. The third-order valence-electron chi connectivity index (χ3n) is 4.35. The van der Waals surface area contributed by atoms with Crippen LogP contribution in [0.15, 0.2) is 0 Å². The topological polar surface area (TPSA) is 126 Å². The van der Waals surface area contributed by atoms with E-state index in [1.807, 2.05) is 0 Å². The number of hydrogen-bond acceptors (Lipinski definition) is 9. The third-order valence-corrected chi connectivity index (χ3v) is 4.35. The smallest absolute Gasteiger partial charge is 0.303 e. The second kappa shape index (κ2) is 13.2. The summed E-state index contributed by atoms with van der Waals surface area (Å²) >= 11 is 0. The molecule has 1 rings (SSSR count). The largest absolute Gasteiger partial charge is 0.463 e. The molecule has 1 heterocycles. The molecule has 10 heteroatoms. The number of hydrogen-bond donors (Lipinski definition) is 1. The summed E-state index contributed by atoms with van der Waals surface area (Å²) in [6, 6.07) is -0.921. The van der Waals surface area contributed by atoms with Crippen LogP contribution in [0.2, 0.25) is 0 Å². The van der Waals surface area contributed by atoms with Crippen LogP contribution in [0.25, 0.3) is 0 Å². The zero-order valence-corrected chi connectivity index (χ0v) is 18.3. The standard InChI is InChI=1S/C20H33NO9/c1-6-7-8-9-10-26-20-17(21-12(2)22)19(29-15(5)25)18(28-14(4)24)16(30-20)11-27-13(3)23/h16-20H,6-11H2,1-5H3,(H,21,22)/t16-,17+,18+,19-,20-/m0/s1. The van der Waals surface area contributed by atoms with Gasteiger partial charge in [-0.05, 0) is 6.42 Å². The highest BCUT2D eigenvalue weighted by Crippen LogP contribution is 2.28. The molecule has 0 bridgehead atoms. The summed E-state index contributed by atoms with van der Waals surface area (Å²) in [5, 5.41) is 2.66. The van der Waals surface area contributed by atoms with Crippen LogP contribution in [-0.2, 0) is 42.9 Å². The summed E-state index contributed by atoms with van der Waals surface area (Å²) in [5.41, 5.74) is 0. The zero-order chi connectivity index (χ0) is 22.7. The number of nitrogens with one attached hydrogen (secondary N) is 1. The predicted octanol–water partition coefficient (Wildman–Crippen LogP) is 1.24. The minimum atomic E-state index is -1.11. The highest BCUT2D eigenvalue weighted by atomic mass is 16.7. The van der Waals surface area contributed by atoms with E-state index in [1.165, 1.54) is 27.7 Å². The molecule has 172 valence electrons. The molecule has 1 fully saturated rings. The Kier molecular flexibility index (Phi) is 11.3. The quantitative estimate of drug-likeness (QED) is 0.292. The van der Waals surface area contributed by atoms with Crippen LogP contribution < -0.4 is 5.32 Å². The van der Waals surface area contributed by atoms with E-state index < -0.39 is 54.5 Å². The predicted molar refractivity (Wildman–Crippen MR) is 104 cm³/mol. The molecule has 1 aliphatic heterocycles. The molecule has 0 aromatic heterocycles. The Morgan fingerprint density at radius 3 is 2.03 bits per heavy atom. The maximum absolute atomic E-state index is 11.8. The number of amides is 1. The Hall–Kier alpha value is -2.20. The van der Waals surface area contributed by atoms with Crippen LogP contribution in [0.4, 0.5) is 0 Å². The lowest BCUT2D eigenvalue weighted by Crippen LogP contribution is -2.66. The maximum atomic E-state index is 11.8. The summed E-state index contributed by atoms with van der Waals surface area (Å²) in [5.74, 6) is -2.23. The van der Waals surface area contributed by atoms with Crippen LogP contribution in [0.1, 0.15) is 60.3 Å². The van der Waals surface area contributed by atoms with Crippen molar-refractivity contribution in [2.45, 2.75) is 90.9 Å². The van der Waals surface area contributed by atoms with Gasteiger partial charge in [-0.2, -0.15) is 0 Å². The van der Waals surface area contributed by atoms with Crippen molar-refractivity contribution in [2.24, 2.45) is 0 Å². The minimum Gasteiger partial charge on any atom is -0.463 e. The third kappa shape index (κ3) is 9.08. The van der Waals surface area contributed by atoms with Crippen LogP contribution >= 0.6 is 0 Å². The van der Waals surface area contributed by atoms with Crippen LogP contribution in [0.5, 0.6) is 0 Å². The van der Waals surface area contributed by atoms with E-state index in [9.17, 15) is 19.2 Å². The van der Waals surface area contributed by atoms with E-state index in [2.05, 4.69) is 12.2 Å². The molecule has 0 spiro atoms. The number of rotatable bonds is 11. The Morgan fingerprint density at radius 2 is 1.50 bits per heavy atom. The van der Waals surface area contributed by atoms with Crippen molar-refractivity contribution in [2.75, 3.05) is 13.2 Å². The van der Waals surface area contributed by atoms with E-state index in [0.29, 0.717) is 6.61 Å². The first kappa shape index (κ1) is 25.8. The molecule has 1 aliphatic rings. The number of carbonyl (C=O) groups excluding carboxylic acids is 4. The van der Waals surface area contributed by atoms with Crippen molar-refractivity contribution >= 4 is 23.8 Å². The van der Waals surface area contributed by atoms with Gasteiger partial charge in [0.2, 0.25) is 5.91 Å². The minimum absolute atomic E-state index is 0.243. The summed E-state index contributed by atoms with van der Waals surface area (Å²) in [6.45, 7) is 7.13. The average Bonchev–Trinajstić information content (AvgIpc) is 2.63. The summed E-state index contributed by atoms with van der Waals surface area (Å²) in [4.78, 5) is 46.5. The first-order valence-corrected chi connectivity index (χ1v) is 10.2.